The van der Waals surface area contributed by atoms with Crippen molar-refractivity contribution in [2.24, 2.45) is 0 Å². The number of carboxylic acids is 1. The fourth-order valence-corrected chi connectivity index (χ4v) is 2.18. The molecule has 0 aliphatic heterocycles. The third kappa shape index (κ3) is 1.09. The molecule has 2 N–H and O–H groups in total. The van der Waals surface area contributed by atoms with Gasteiger partial charge in [0.05, 0.1) is 11.2 Å². The molecule has 17 heavy (non-hydrogen) atoms. The summed E-state index contributed by atoms with van der Waals surface area (Å²) >= 11 is 0. The number of carboxylic acid groups (broad SMARTS) is 1. The number of hydrogen-bond donors (Lipinski definition) is 2. The molecular formula is C11H8F2N2O2. The van der Waals surface area contributed by atoms with E-state index < -0.39 is 23.7 Å². The maximum Gasteiger partial charge on any atom is 0.322 e. The zero-order valence-electron chi connectivity index (χ0n) is 8.58. The van der Waals surface area contributed by atoms with Crippen LogP contribution in [0, 0.1) is 0 Å². The molecule has 6 heteroatoms. The number of nitrogens with zero attached hydrogens (tertiary/aromatic N) is 1. The lowest BCUT2D eigenvalue weighted by Gasteiger charge is -2.09. The summed E-state index contributed by atoms with van der Waals surface area (Å²) < 4.78 is 26.7. The van der Waals surface area contributed by atoms with Gasteiger partial charge in [-0.05, 0) is 6.07 Å². The standard InChI is InChI=1S/C11H8F2N2O2/c12-11(13)5-10(11,9(16)17)8-6-3-1-2-4-7(6)14-15-8/h1-4H,5H2,(H,14,15)(H,16,17). The number of nitrogens with one attached hydrogen (secondary N) is 1. The second kappa shape index (κ2) is 2.82. The average Bonchev–Trinajstić information content (AvgIpc) is 2.70. The minimum Gasteiger partial charge on any atom is -0.480 e. The fraction of sp³-hybridized carbons (Fsp3) is 0.273. The molecule has 4 nitrogen and oxygen atoms in total. The quantitative estimate of drug-likeness (QED) is 0.840. The fourth-order valence-electron chi connectivity index (χ4n) is 2.18. The van der Waals surface area contributed by atoms with E-state index in [0.29, 0.717) is 10.9 Å². The van der Waals surface area contributed by atoms with E-state index in [1.807, 2.05) is 0 Å². The number of hydrogen-bond acceptors (Lipinski definition) is 2. The van der Waals surface area contributed by atoms with Gasteiger partial charge in [0.2, 0.25) is 0 Å². The molecular weight excluding hydrogens is 230 g/mol. The van der Waals surface area contributed by atoms with Crippen molar-refractivity contribution in [3.63, 3.8) is 0 Å². The molecule has 1 fully saturated rings. The van der Waals surface area contributed by atoms with E-state index in [1.165, 1.54) is 0 Å². The second-order valence-electron chi connectivity index (χ2n) is 4.21. The molecule has 1 atom stereocenters. The second-order valence-corrected chi connectivity index (χ2v) is 4.21. The Balaban J connectivity index is 2.25. The number of para-hydroxylation sites is 1. The van der Waals surface area contributed by atoms with Crippen LogP contribution in [-0.4, -0.2) is 27.2 Å². The van der Waals surface area contributed by atoms with Crippen molar-refractivity contribution in [3.8, 4) is 0 Å². The van der Waals surface area contributed by atoms with Gasteiger partial charge in [-0.2, -0.15) is 5.10 Å². The Hall–Kier alpha value is -1.98. The number of alkyl halides is 2. The van der Waals surface area contributed by atoms with E-state index in [0.717, 1.165) is 0 Å². The van der Waals surface area contributed by atoms with Gasteiger partial charge in [0.1, 0.15) is 0 Å². The monoisotopic (exact) mass is 238 g/mol. The van der Waals surface area contributed by atoms with Crippen LogP contribution in [0.5, 0.6) is 0 Å². The summed E-state index contributed by atoms with van der Waals surface area (Å²) in [6.07, 6.45) is -0.679. The lowest BCUT2D eigenvalue weighted by Crippen LogP contribution is -2.27. The number of benzene rings is 1. The van der Waals surface area contributed by atoms with E-state index in [9.17, 15) is 13.6 Å². The van der Waals surface area contributed by atoms with Gasteiger partial charge in [0, 0.05) is 11.8 Å². The summed E-state index contributed by atoms with van der Waals surface area (Å²) in [6, 6.07) is 6.61. The van der Waals surface area contributed by atoms with Crippen molar-refractivity contribution < 1.29 is 18.7 Å². The normalized spacial score (nSPS) is 26.0. The van der Waals surface area contributed by atoms with Crippen molar-refractivity contribution in [2.45, 2.75) is 17.8 Å². The summed E-state index contributed by atoms with van der Waals surface area (Å²) in [7, 11) is 0. The Bertz CT molecular complexity index is 623. The van der Waals surface area contributed by atoms with E-state index in [4.69, 9.17) is 5.11 Å². The van der Waals surface area contributed by atoms with Gasteiger partial charge in [-0.25, -0.2) is 8.78 Å². The van der Waals surface area contributed by atoms with Crippen molar-refractivity contribution in [1.29, 1.82) is 0 Å². The smallest absolute Gasteiger partial charge is 0.322 e. The topological polar surface area (TPSA) is 66.0 Å². The molecule has 0 radical (unpaired) electrons. The summed E-state index contributed by atoms with van der Waals surface area (Å²) in [4.78, 5) is 11.1. The number of H-pyrrole nitrogens is 1. The van der Waals surface area contributed by atoms with Crippen LogP contribution in [0.4, 0.5) is 8.78 Å². The lowest BCUT2D eigenvalue weighted by atomic mass is 9.98. The average molecular weight is 238 g/mol. The molecule has 0 spiro atoms. The van der Waals surface area contributed by atoms with Crippen LogP contribution in [0.25, 0.3) is 10.9 Å². The maximum atomic E-state index is 13.4. The summed E-state index contributed by atoms with van der Waals surface area (Å²) in [5.74, 6) is -4.73. The number of aromatic nitrogens is 2. The van der Waals surface area contributed by atoms with Crippen molar-refractivity contribution in [3.05, 3.63) is 30.0 Å². The highest BCUT2D eigenvalue weighted by atomic mass is 19.3. The Morgan fingerprint density at radius 3 is 2.65 bits per heavy atom. The third-order valence-corrected chi connectivity index (χ3v) is 3.24. The molecule has 0 bridgehead atoms. The summed E-state index contributed by atoms with van der Waals surface area (Å²) in [5, 5.41) is 15.8. The molecule has 88 valence electrons. The molecule has 1 aliphatic rings. The molecule has 0 amide bonds. The largest absolute Gasteiger partial charge is 0.480 e. The molecule has 1 aromatic carbocycles. The first-order valence-corrected chi connectivity index (χ1v) is 5.04. The van der Waals surface area contributed by atoms with E-state index >= 15 is 0 Å². The van der Waals surface area contributed by atoms with Gasteiger partial charge in [-0.3, -0.25) is 9.89 Å². The van der Waals surface area contributed by atoms with Crippen molar-refractivity contribution >= 4 is 16.9 Å². The maximum absolute atomic E-state index is 13.4. The van der Waals surface area contributed by atoms with E-state index in [2.05, 4.69) is 10.2 Å². The van der Waals surface area contributed by atoms with Crippen LogP contribution in [0.1, 0.15) is 12.1 Å². The number of fused-ring (bicyclic) bond motifs is 1. The Morgan fingerprint density at radius 1 is 1.41 bits per heavy atom. The number of aliphatic carboxylic acids is 1. The predicted octanol–water partition coefficient (Wildman–Crippen LogP) is 1.92. The highest BCUT2D eigenvalue weighted by Crippen LogP contribution is 2.62. The molecule has 1 aliphatic carbocycles. The first-order chi connectivity index (χ1) is 7.99. The lowest BCUT2D eigenvalue weighted by molar-refractivity contribution is -0.143. The third-order valence-electron chi connectivity index (χ3n) is 3.24. The SMILES string of the molecule is O=C(O)C1(c2[nH]nc3ccccc23)CC1(F)F. The summed E-state index contributed by atoms with van der Waals surface area (Å²) in [5.41, 5.74) is -1.65. The molecule has 0 saturated heterocycles. The van der Waals surface area contributed by atoms with Crippen LogP contribution >= 0.6 is 0 Å². The van der Waals surface area contributed by atoms with Gasteiger partial charge in [-0.1, -0.05) is 18.2 Å². The number of rotatable bonds is 2. The molecule has 1 aromatic heterocycles. The Labute approximate surface area is 94.3 Å². The van der Waals surface area contributed by atoms with Crippen LogP contribution in [0.2, 0.25) is 0 Å². The van der Waals surface area contributed by atoms with Crippen LogP contribution in [0.3, 0.4) is 0 Å². The minimum absolute atomic E-state index is 0.00870. The highest BCUT2D eigenvalue weighted by molar-refractivity contribution is 5.94. The first kappa shape index (κ1) is 10.2. The number of halogens is 2. The zero-order chi connectivity index (χ0) is 12.3. The summed E-state index contributed by atoms with van der Waals surface area (Å²) in [6.45, 7) is 0. The highest BCUT2D eigenvalue weighted by Gasteiger charge is 2.78. The van der Waals surface area contributed by atoms with E-state index in [-0.39, 0.29) is 5.69 Å². The molecule has 2 aromatic rings. The van der Waals surface area contributed by atoms with Gasteiger partial charge >= 0.3 is 5.97 Å². The number of aromatic amines is 1. The van der Waals surface area contributed by atoms with Gasteiger partial charge in [-0.15, -0.1) is 0 Å². The number of carbonyl (C=O) groups is 1. The van der Waals surface area contributed by atoms with Gasteiger partial charge < -0.3 is 5.11 Å². The first-order valence-electron chi connectivity index (χ1n) is 5.04. The zero-order valence-corrected chi connectivity index (χ0v) is 8.58. The van der Waals surface area contributed by atoms with Crippen molar-refractivity contribution in [2.75, 3.05) is 0 Å². The molecule has 3 rings (SSSR count). The molecule has 1 unspecified atom stereocenters. The predicted molar refractivity (Wildman–Crippen MR) is 55.0 cm³/mol. The van der Waals surface area contributed by atoms with Gasteiger partial charge in [0.25, 0.3) is 5.92 Å². The Kier molecular flexibility index (Phi) is 1.69. The van der Waals surface area contributed by atoms with Crippen LogP contribution < -0.4 is 0 Å². The molecule has 1 saturated carbocycles. The Morgan fingerprint density at radius 2 is 2.06 bits per heavy atom. The van der Waals surface area contributed by atoms with E-state index in [1.54, 1.807) is 24.3 Å². The molecule has 1 heterocycles. The van der Waals surface area contributed by atoms with Gasteiger partial charge in [0.15, 0.2) is 5.41 Å². The van der Waals surface area contributed by atoms with Crippen LogP contribution in [0.15, 0.2) is 24.3 Å². The minimum atomic E-state index is -3.21. The van der Waals surface area contributed by atoms with Crippen molar-refractivity contribution in [1.82, 2.24) is 10.2 Å². The van der Waals surface area contributed by atoms with Crippen LogP contribution in [-0.2, 0) is 10.2 Å².